The number of methoxy groups -OCH3 is 1. The number of hydrogen-bond acceptors (Lipinski definition) is 5. The third kappa shape index (κ3) is 4.74. The van der Waals surface area contributed by atoms with Crippen LogP contribution in [0, 0.1) is 23.6 Å². The van der Waals surface area contributed by atoms with Gasteiger partial charge in [-0.15, -0.1) is 0 Å². The molecular weight excluding hydrogens is 341 g/mol. The number of H-pyrrole nitrogens is 1. The minimum atomic E-state index is -0.936. The predicted octanol–water partition coefficient (Wildman–Crippen LogP) is 2.02. The van der Waals surface area contributed by atoms with E-state index in [9.17, 15) is 14.0 Å². The molecular formula is C18H26FN3O4. The Morgan fingerprint density at radius 1 is 1.31 bits per heavy atom. The van der Waals surface area contributed by atoms with Crippen molar-refractivity contribution in [3.8, 4) is 11.8 Å². The fourth-order valence-electron chi connectivity index (χ4n) is 4.36. The van der Waals surface area contributed by atoms with Gasteiger partial charge in [0.15, 0.2) is 6.61 Å². The second-order valence-electron chi connectivity index (χ2n) is 7.36. The number of carbonyl (C=O) groups excluding carboxylic acids is 1. The lowest BCUT2D eigenvalue weighted by molar-refractivity contribution is -0.123. The Labute approximate surface area is 151 Å². The van der Waals surface area contributed by atoms with Crippen LogP contribution in [0.25, 0.3) is 0 Å². The molecule has 1 heterocycles. The highest BCUT2D eigenvalue weighted by molar-refractivity contribution is 5.77. The molecule has 1 amide bonds. The number of aromatic amines is 1. The van der Waals surface area contributed by atoms with Crippen LogP contribution in [0.15, 0.2) is 4.79 Å². The van der Waals surface area contributed by atoms with E-state index in [1.807, 2.05) is 0 Å². The molecule has 0 aromatic carbocycles. The second-order valence-corrected chi connectivity index (χ2v) is 7.36. The van der Waals surface area contributed by atoms with Gasteiger partial charge < -0.3 is 14.8 Å². The molecule has 2 aliphatic carbocycles. The van der Waals surface area contributed by atoms with E-state index >= 15 is 0 Å². The van der Waals surface area contributed by atoms with E-state index in [-0.39, 0.29) is 12.5 Å². The summed E-state index contributed by atoms with van der Waals surface area (Å²) >= 11 is 0. The molecule has 0 aliphatic heterocycles. The number of ether oxygens (including phenoxy) is 2. The molecule has 0 saturated heterocycles. The van der Waals surface area contributed by atoms with Crippen molar-refractivity contribution in [1.29, 1.82) is 0 Å². The number of halogens is 1. The molecule has 0 radical (unpaired) electrons. The van der Waals surface area contributed by atoms with Crippen LogP contribution in [-0.2, 0) is 4.79 Å². The van der Waals surface area contributed by atoms with Gasteiger partial charge in [-0.05, 0) is 43.4 Å². The van der Waals surface area contributed by atoms with E-state index in [1.54, 1.807) is 0 Å². The topological polar surface area (TPSA) is 93.3 Å². The van der Waals surface area contributed by atoms with E-state index < -0.39 is 23.3 Å². The highest BCUT2D eigenvalue weighted by atomic mass is 19.1. The third-order valence-electron chi connectivity index (χ3n) is 5.45. The van der Waals surface area contributed by atoms with Gasteiger partial charge in [0.1, 0.15) is 0 Å². The maximum absolute atomic E-state index is 13.9. The van der Waals surface area contributed by atoms with Gasteiger partial charge in [-0.3, -0.25) is 9.78 Å². The van der Waals surface area contributed by atoms with Gasteiger partial charge in [-0.2, -0.15) is 9.37 Å². The van der Waals surface area contributed by atoms with Crippen LogP contribution in [0.4, 0.5) is 4.39 Å². The SMILES string of the molecule is COc1nc(=O)[nH]c(OCC(=O)NCCC2CC3CCCC(C3)C2)c1F. The van der Waals surface area contributed by atoms with Gasteiger partial charge in [-0.25, -0.2) is 4.79 Å². The zero-order chi connectivity index (χ0) is 18.5. The minimum absolute atomic E-state index is 0.350. The average Bonchev–Trinajstić information content (AvgIpc) is 2.62. The molecule has 8 heteroatoms. The summed E-state index contributed by atoms with van der Waals surface area (Å²) in [6, 6.07) is 0. The summed E-state index contributed by atoms with van der Waals surface area (Å²) in [7, 11) is 1.20. The van der Waals surface area contributed by atoms with Crippen LogP contribution in [-0.4, -0.2) is 36.1 Å². The first-order valence-electron chi connectivity index (χ1n) is 9.28. The number of aromatic nitrogens is 2. The van der Waals surface area contributed by atoms with Gasteiger partial charge in [0, 0.05) is 6.54 Å². The van der Waals surface area contributed by atoms with E-state index in [0.717, 1.165) is 18.3 Å². The first-order valence-corrected chi connectivity index (χ1v) is 9.28. The maximum Gasteiger partial charge on any atom is 0.351 e. The molecule has 2 aliphatic rings. The van der Waals surface area contributed by atoms with Crippen molar-refractivity contribution in [2.75, 3.05) is 20.3 Å². The number of nitrogens with one attached hydrogen (secondary N) is 2. The zero-order valence-corrected chi connectivity index (χ0v) is 15.1. The molecule has 2 N–H and O–H groups in total. The second kappa shape index (κ2) is 8.51. The van der Waals surface area contributed by atoms with Crippen molar-refractivity contribution in [3.63, 3.8) is 0 Å². The van der Waals surface area contributed by atoms with Gasteiger partial charge in [-0.1, -0.05) is 19.3 Å². The minimum Gasteiger partial charge on any atom is -0.479 e. The first kappa shape index (κ1) is 18.7. The fourth-order valence-corrected chi connectivity index (χ4v) is 4.36. The summed E-state index contributed by atoms with van der Waals surface area (Å²) in [4.78, 5) is 28.6. The highest BCUT2D eigenvalue weighted by Gasteiger charge is 2.31. The van der Waals surface area contributed by atoms with Crippen molar-refractivity contribution in [2.24, 2.45) is 17.8 Å². The van der Waals surface area contributed by atoms with Crippen molar-refractivity contribution in [3.05, 3.63) is 16.3 Å². The van der Waals surface area contributed by atoms with E-state index in [4.69, 9.17) is 4.74 Å². The standard InChI is InChI=1S/C18H26FN3O4/c1-25-16-15(19)17(22-18(24)21-16)26-10-14(23)20-6-5-13-8-11-3-2-4-12(7-11)9-13/h11-13H,2-10H2,1H3,(H,20,23)(H,21,22,24). The molecule has 26 heavy (non-hydrogen) atoms. The summed E-state index contributed by atoms with van der Waals surface area (Å²) in [6.07, 6.45) is 8.97. The largest absolute Gasteiger partial charge is 0.479 e. The van der Waals surface area contributed by atoms with Crippen LogP contribution in [0.3, 0.4) is 0 Å². The molecule has 2 bridgehead atoms. The molecule has 0 spiro atoms. The van der Waals surface area contributed by atoms with Crippen molar-refractivity contribution >= 4 is 5.91 Å². The van der Waals surface area contributed by atoms with Crippen molar-refractivity contribution in [1.82, 2.24) is 15.3 Å². The molecule has 2 atom stereocenters. The Balaban J connectivity index is 1.41. The lowest BCUT2D eigenvalue weighted by Gasteiger charge is -2.39. The van der Waals surface area contributed by atoms with Gasteiger partial charge in [0.25, 0.3) is 11.8 Å². The molecule has 3 rings (SSSR count). The summed E-state index contributed by atoms with van der Waals surface area (Å²) in [6.45, 7) is 0.209. The zero-order valence-electron chi connectivity index (χ0n) is 15.1. The Bertz CT molecular complexity index is 682. The quantitative estimate of drug-likeness (QED) is 0.769. The summed E-state index contributed by atoms with van der Waals surface area (Å²) in [5.74, 6) is 0.217. The van der Waals surface area contributed by atoms with E-state index in [2.05, 4.69) is 20.0 Å². The number of amides is 1. The van der Waals surface area contributed by atoms with Gasteiger partial charge >= 0.3 is 5.69 Å². The molecule has 2 unspecified atom stereocenters. The molecule has 2 saturated carbocycles. The first-order chi connectivity index (χ1) is 12.5. The van der Waals surface area contributed by atoms with Crippen LogP contribution >= 0.6 is 0 Å². The fraction of sp³-hybridized carbons (Fsp3) is 0.722. The van der Waals surface area contributed by atoms with Crippen LogP contribution in [0.5, 0.6) is 11.8 Å². The maximum atomic E-state index is 13.9. The Hall–Kier alpha value is -2.12. The molecule has 2 fully saturated rings. The number of carbonyl (C=O) groups is 1. The smallest absolute Gasteiger partial charge is 0.351 e. The summed E-state index contributed by atoms with van der Waals surface area (Å²) in [5, 5.41) is 2.80. The Morgan fingerprint density at radius 3 is 2.73 bits per heavy atom. The van der Waals surface area contributed by atoms with Crippen LogP contribution in [0.1, 0.15) is 44.9 Å². The lowest BCUT2D eigenvalue weighted by Crippen LogP contribution is -2.33. The van der Waals surface area contributed by atoms with Gasteiger partial charge in [0.05, 0.1) is 7.11 Å². The lowest BCUT2D eigenvalue weighted by atomic mass is 9.67. The molecule has 1 aromatic heterocycles. The van der Waals surface area contributed by atoms with Crippen LogP contribution in [0.2, 0.25) is 0 Å². The van der Waals surface area contributed by atoms with Crippen molar-refractivity contribution < 1.29 is 18.7 Å². The van der Waals surface area contributed by atoms with E-state index in [0.29, 0.717) is 12.5 Å². The Morgan fingerprint density at radius 2 is 2.04 bits per heavy atom. The Kier molecular flexibility index (Phi) is 6.11. The molecule has 7 nitrogen and oxygen atoms in total. The number of nitrogens with zero attached hydrogens (tertiary/aromatic N) is 1. The van der Waals surface area contributed by atoms with Gasteiger partial charge in [0.2, 0.25) is 11.7 Å². The third-order valence-corrected chi connectivity index (χ3v) is 5.45. The average molecular weight is 367 g/mol. The van der Waals surface area contributed by atoms with Crippen molar-refractivity contribution in [2.45, 2.75) is 44.9 Å². The van der Waals surface area contributed by atoms with E-state index in [1.165, 1.54) is 45.6 Å². The predicted molar refractivity (Wildman–Crippen MR) is 92.7 cm³/mol. The summed E-state index contributed by atoms with van der Waals surface area (Å²) in [5.41, 5.74) is -0.804. The molecule has 1 aromatic rings. The molecule has 144 valence electrons. The normalized spacial score (nSPS) is 24.8. The number of fused-ring (bicyclic) bond motifs is 2. The number of rotatable bonds is 7. The van der Waals surface area contributed by atoms with Crippen LogP contribution < -0.4 is 20.5 Å². The monoisotopic (exact) mass is 367 g/mol. The summed E-state index contributed by atoms with van der Waals surface area (Å²) < 4.78 is 23.6. The number of hydrogen-bond donors (Lipinski definition) is 2. The highest BCUT2D eigenvalue weighted by Crippen LogP contribution is 2.43.